The van der Waals surface area contributed by atoms with Crippen LogP contribution in [0.5, 0.6) is 0 Å². The molecule has 0 aromatic heterocycles. The van der Waals surface area contributed by atoms with E-state index in [1.807, 2.05) is 18.7 Å². The summed E-state index contributed by atoms with van der Waals surface area (Å²) < 4.78 is 5.22. The molecule has 0 spiro atoms. The number of hydrogen-bond acceptors (Lipinski definition) is 3. The summed E-state index contributed by atoms with van der Waals surface area (Å²) in [4.78, 5) is 0. The van der Waals surface area contributed by atoms with Gasteiger partial charge in [0.15, 0.2) is 0 Å². The Bertz CT molecular complexity index is 90.6. The number of ether oxygens (including phenoxy) is 1. The van der Waals surface area contributed by atoms with Gasteiger partial charge in [-0.1, -0.05) is 6.92 Å². The molecule has 74 valence electrons. The normalized spacial score (nSPS) is 13.2. The van der Waals surface area contributed by atoms with Crippen LogP contribution in [0.25, 0.3) is 0 Å². The van der Waals surface area contributed by atoms with Gasteiger partial charge in [-0.15, -0.1) is 0 Å². The van der Waals surface area contributed by atoms with Crippen molar-refractivity contribution in [2.75, 3.05) is 24.7 Å². The molecule has 3 heteroatoms. The second-order valence-electron chi connectivity index (χ2n) is 2.79. The molecule has 1 atom stereocenters. The topological polar surface area (TPSA) is 35.2 Å². The van der Waals surface area contributed by atoms with Crippen LogP contribution in [0.1, 0.15) is 26.7 Å². The quantitative estimate of drug-likeness (QED) is 0.595. The molecule has 1 unspecified atom stereocenters. The minimum atomic E-state index is 0.377. The minimum absolute atomic E-state index is 0.377. The Morgan fingerprint density at radius 3 is 2.75 bits per heavy atom. The second-order valence-corrected chi connectivity index (χ2v) is 3.94. The third-order valence-corrected chi connectivity index (χ3v) is 2.88. The summed E-state index contributed by atoms with van der Waals surface area (Å²) in [6, 6.07) is 0.377. The van der Waals surface area contributed by atoms with Gasteiger partial charge in [-0.3, -0.25) is 0 Å². The lowest BCUT2D eigenvalue weighted by molar-refractivity contribution is 0.149. The van der Waals surface area contributed by atoms with E-state index in [1.165, 1.54) is 5.75 Å². The first-order valence-corrected chi connectivity index (χ1v) is 5.87. The van der Waals surface area contributed by atoms with Crippen LogP contribution in [0.2, 0.25) is 0 Å². The highest BCUT2D eigenvalue weighted by atomic mass is 32.2. The summed E-state index contributed by atoms with van der Waals surface area (Å²) >= 11 is 1.93. The van der Waals surface area contributed by atoms with Gasteiger partial charge < -0.3 is 10.5 Å². The maximum atomic E-state index is 5.76. The van der Waals surface area contributed by atoms with E-state index in [1.54, 1.807) is 0 Å². The Balaban J connectivity index is 2.90. The summed E-state index contributed by atoms with van der Waals surface area (Å²) in [5, 5.41) is 0. The van der Waals surface area contributed by atoms with E-state index in [2.05, 4.69) is 6.92 Å². The van der Waals surface area contributed by atoms with Gasteiger partial charge in [0.05, 0.1) is 0 Å². The molecule has 0 aromatic rings. The number of hydrogen-bond donors (Lipinski definition) is 1. The number of nitrogens with two attached hydrogens (primary N) is 1. The van der Waals surface area contributed by atoms with Gasteiger partial charge in [0.25, 0.3) is 0 Å². The lowest BCUT2D eigenvalue weighted by atomic mass is 10.3. The van der Waals surface area contributed by atoms with Gasteiger partial charge >= 0.3 is 0 Å². The first-order chi connectivity index (χ1) is 5.81. The molecule has 0 saturated heterocycles. The molecule has 0 radical (unpaired) electrons. The third-order valence-electron chi connectivity index (χ3n) is 1.64. The molecule has 0 heterocycles. The van der Waals surface area contributed by atoms with Crippen molar-refractivity contribution in [2.45, 2.75) is 32.7 Å². The van der Waals surface area contributed by atoms with E-state index in [0.717, 1.165) is 31.8 Å². The summed E-state index contributed by atoms with van der Waals surface area (Å²) in [6.07, 6.45) is 2.23. The minimum Gasteiger partial charge on any atom is -0.382 e. The van der Waals surface area contributed by atoms with Crippen molar-refractivity contribution in [2.24, 2.45) is 5.73 Å². The average molecular weight is 191 g/mol. The molecule has 12 heavy (non-hydrogen) atoms. The zero-order chi connectivity index (χ0) is 9.23. The van der Waals surface area contributed by atoms with Gasteiger partial charge in [-0.05, 0) is 25.5 Å². The monoisotopic (exact) mass is 191 g/mol. The predicted molar refractivity (Wildman–Crippen MR) is 56.7 cm³/mol. The summed E-state index contributed by atoms with van der Waals surface area (Å²) in [7, 11) is 0. The van der Waals surface area contributed by atoms with Gasteiger partial charge in [-0.25, -0.2) is 0 Å². The van der Waals surface area contributed by atoms with Gasteiger partial charge in [0.2, 0.25) is 0 Å². The first-order valence-electron chi connectivity index (χ1n) is 4.72. The standard InChI is InChI=1S/C9H21NOS/c1-3-9(10)8-12-7-5-6-11-4-2/h9H,3-8,10H2,1-2H3. The van der Waals surface area contributed by atoms with Crippen LogP contribution in [-0.2, 0) is 4.74 Å². The predicted octanol–water partition coefficient (Wildman–Crippen LogP) is 1.88. The molecule has 0 rings (SSSR count). The van der Waals surface area contributed by atoms with Crippen LogP contribution < -0.4 is 5.73 Å². The Hall–Kier alpha value is 0.270. The lowest BCUT2D eigenvalue weighted by Crippen LogP contribution is -2.21. The van der Waals surface area contributed by atoms with Gasteiger partial charge in [0, 0.05) is 25.0 Å². The van der Waals surface area contributed by atoms with E-state index in [0.29, 0.717) is 6.04 Å². The van der Waals surface area contributed by atoms with Crippen molar-refractivity contribution >= 4 is 11.8 Å². The number of thioether (sulfide) groups is 1. The van der Waals surface area contributed by atoms with Gasteiger partial charge in [0.1, 0.15) is 0 Å². The number of rotatable bonds is 8. The highest BCUT2D eigenvalue weighted by Gasteiger charge is 1.97. The molecule has 0 aromatic carbocycles. The smallest absolute Gasteiger partial charge is 0.0473 e. The highest BCUT2D eigenvalue weighted by Crippen LogP contribution is 2.05. The molecule has 0 saturated carbocycles. The third kappa shape index (κ3) is 8.37. The molecular weight excluding hydrogens is 170 g/mol. The lowest BCUT2D eigenvalue weighted by Gasteiger charge is -2.07. The van der Waals surface area contributed by atoms with E-state index < -0.39 is 0 Å². The summed E-state index contributed by atoms with van der Waals surface area (Å²) in [5.74, 6) is 2.26. The van der Waals surface area contributed by atoms with Crippen LogP contribution in [0.4, 0.5) is 0 Å². The van der Waals surface area contributed by atoms with Crippen molar-refractivity contribution in [3.63, 3.8) is 0 Å². The molecule has 0 fully saturated rings. The van der Waals surface area contributed by atoms with E-state index in [4.69, 9.17) is 10.5 Å². The summed E-state index contributed by atoms with van der Waals surface area (Å²) in [6.45, 7) is 5.88. The Kier molecular flexibility index (Phi) is 9.57. The first kappa shape index (κ1) is 12.3. The van der Waals surface area contributed by atoms with Crippen LogP contribution in [0, 0.1) is 0 Å². The Morgan fingerprint density at radius 2 is 2.17 bits per heavy atom. The molecule has 2 nitrogen and oxygen atoms in total. The van der Waals surface area contributed by atoms with Crippen LogP contribution in [0.3, 0.4) is 0 Å². The molecule has 2 N–H and O–H groups in total. The Labute approximate surface area is 80.2 Å². The van der Waals surface area contributed by atoms with Gasteiger partial charge in [-0.2, -0.15) is 11.8 Å². The SMILES string of the molecule is CCOCCCSCC(N)CC. The molecular formula is C9H21NOS. The van der Waals surface area contributed by atoms with E-state index in [9.17, 15) is 0 Å². The molecule has 0 aliphatic heterocycles. The zero-order valence-corrected chi connectivity index (χ0v) is 9.03. The highest BCUT2D eigenvalue weighted by molar-refractivity contribution is 7.99. The fourth-order valence-electron chi connectivity index (χ4n) is 0.760. The second kappa shape index (κ2) is 9.36. The Morgan fingerprint density at radius 1 is 1.42 bits per heavy atom. The summed E-state index contributed by atoms with van der Waals surface area (Å²) in [5.41, 5.74) is 5.76. The van der Waals surface area contributed by atoms with Crippen molar-refractivity contribution < 1.29 is 4.74 Å². The van der Waals surface area contributed by atoms with Crippen LogP contribution in [0.15, 0.2) is 0 Å². The van der Waals surface area contributed by atoms with Crippen molar-refractivity contribution in [3.05, 3.63) is 0 Å². The van der Waals surface area contributed by atoms with Crippen LogP contribution in [-0.4, -0.2) is 30.8 Å². The molecule has 0 aliphatic rings. The fraction of sp³-hybridized carbons (Fsp3) is 1.00. The molecule has 0 aliphatic carbocycles. The fourth-order valence-corrected chi connectivity index (χ4v) is 1.79. The molecule has 0 bridgehead atoms. The van der Waals surface area contributed by atoms with E-state index >= 15 is 0 Å². The zero-order valence-electron chi connectivity index (χ0n) is 8.21. The van der Waals surface area contributed by atoms with E-state index in [-0.39, 0.29) is 0 Å². The maximum absolute atomic E-state index is 5.76. The maximum Gasteiger partial charge on any atom is 0.0473 e. The van der Waals surface area contributed by atoms with Crippen molar-refractivity contribution in [1.29, 1.82) is 0 Å². The largest absolute Gasteiger partial charge is 0.382 e. The van der Waals surface area contributed by atoms with Crippen LogP contribution >= 0.6 is 11.8 Å². The average Bonchev–Trinajstić information content (AvgIpc) is 2.10. The van der Waals surface area contributed by atoms with Crippen molar-refractivity contribution in [3.8, 4) is 0 Å². The van der Waals surface area contributed by atoms with Crippen molar-refractivity contribution in [1.82, 2.24) is 0 Å². The molecule has 0 amide bonds.